The third-order valence-corrected chi connectivity index (χ3v) is 4.65. The molecule has 1 aliphatic heterocycles. The SMILES string of the molecule is COC1CCCN(c2c(CCN)cc(Cl)c3cccnc23)C1. The van der Waals surface area contributed by atoms with Gasteiger partial charge >= 0.3 is 0 Å². The zero-order valence-corrected chi connectivity index (χ0v) is 13.6. The monoisotopic (exact) mass is 319 g/mol. The van der Waals surface area contributed by atoms with Crippen LogP contribution in [0, 0.1) is 0 Å². The van der Waals surface area contributed by atoms with E-state index >= 15 is 0 Å². The average molecular weight is 320 g/mol. The molecular weight excluding hydrogens is 298 g/mol. The number of benzene rings is 1. The molecule has 2 N–H and O–H groups in total. The number of rotatable bonds is 4. The molecule has 0 amide bonds. The highest BCUT2D eigenvalue weighted by Crippen LogP contribution is 2.36. The molecule has 0 saturated carbocycles. The van der Waals surface area contributed by atoms with E-state index in [1.807, 2.05) is 24.4 Å². The van der Waals surface area contributed by atoms with Gasteiger partial charge in [-0.05, 0) is 49.6 Å². The number of fused-ring (bicyclic) bond motifs is 1. The van der Waals surface area contributed by atoms with Crippen molar-refractivity contribution < 1.29 is 4.74 Å². The van der Waals surface area contributed by atoms with E-state index in [0.717, 1.165) is 48.3 Å². The number of nitrogens with two attached hydrogens (primary N) is 1. The molecule has 0 aliphatic carbocycles. The minimum absolute atomic E-state index is 0.272. The summed E-state index contributed by atoms with van der Waals surface area (Å²) in [6.45, 7) is 2.51. The van der Waals surface area contributed by atoms with Crippen molar-refractivity contribution in [1.29, 1.82) is 0 Å². The Morgan fingerprint density at radius 1 is 1.50 bits per heavy atom. The van der Waals surface area contributed by atoms with Gasteiger partial charge in [0.25, 0.3) is 0 Å². The maximum atomic E-state index is 6.44. The van der Waals surface area contributed by atoms with Crippen LogP contribution in [0.15, 0.2) is 24.4 Å². The minimum Gasteiger partial charge on any atom is -0.380 e. The summed E-state index contributed by atoms with van der Waals surface area (Å²) < 4.78 is 5.57. The number of nitrogens with zero attached hydrogens (tertiary/aromatic N) is 2. The van der Waals surface area contributed by atoms with Crippen molar-refractivity contribution in [2.45, 2.75) is 25.4 Å². The van der Waals surface area contributed by atoms with Crippen molar-refractivity contribution in [2.24, 2.45) is 5.73 Å². The van der Waals surface area contributed by atoms with Crippen LogP contribution in [-0.2, 0) is 11.2 Å². The molecule has 5 heteroatoms. The first-order valence-electron chi connectivity index (χ1n) is 7.78. The Morgan fingerprint density at radius 3 is 3.14 bits per heavy atom. The lowest BCUT2D eigenvalue weighted by Crippen LogP contribution is -2.40. The van der Waals surface area contributed by atoms with Crippen LogP contribution in [0.4, 0.5) is 5.69 Å². The Morgan fingerprint density at radius 2 is 2.36 bits per heavy atom. The van der Waals surface area contributed by atoms with Gasteiger partial charge < -0.3 is 15.4 Å². The quantitative estimate of drug-likeness (QED) is 0.941. The number of halogens is 1. The van der Waals surface area contributed by atoms with Gasteiger partial charge in [0.05, 0.1) is 22.3 Å². The van der Waals surface area contributed by atoms with Crippen molar-refractivity contribution >= 4 is 28.2 Å². The van der Waals surface area contributed by atoms with E-state index in [1.165, 1.54) is 11.3 Å². The Labute approximate surface area is 136 Å². The summed E-state index contributed by atoms with van der Waals surface area (Å²) in [6.07, 6.45) is 5.13. The number of ether oxygens (including phenoxy) is 1. The van der Waals surface area contributed by atoms with Gasteiger partial charge in [0.2, 0.25) is 0 Å². The predicted molar refractivity (Wildman–Crippen MR) is 91.8 cm³/mol. The molecular formula is C17H22ClN3O. The molecule has 4 nitrogen and oxygen atoms in total. The Balaban J connectivity index is 2.12. The number of methoxy groups -OCH3 is 1. The molecule has 1 unspecified atom stereocenters. The smallest absolute Gasteiger partial charge is 0.0953 e. The lowest BCUT2D eigenvalue weighted by Gasteiger charge is -2.35. The van der Waals surface area contributed by atoms with Gasteiger partial charge in [-0.15, -0.1) is 0 Å². The minimum atomic E-state index is 0.272. The third-order valence-electron chi connectivity index (χ3n) is 4.34. The number of pyridine rings is 1. The number of aromatic nitrogens is 1. The summed E-state index contributed by atoms with van der Waals surface area (Å²) in [5, 5.41) is 1.75. The van der Waals surface area contributed by atoms with Gasteiger partial charge in [-0.2, -0.15) is 0 Å². The molecule has 0 spiro atoms. The molecule has 1 fully saturated rings. The van der Waals surface area contributed by atoms with Crippen molar-refractivity contribution in [3.63, 3.8) is 0 Å². The van der Waals surface area contributed by atoms with Crippen molar-refractivity contribution in [3.05, 3.63) is 35.0 Å². The fourth-order valence-corrected chi connectivity index (χ4v) is 3.55. The second-order valence-corrected chi connectivity index (χ2v) is 6.16. The number of piperidine rings is 1. The van der Waals surface area contributed by atoms with Crippen LogP contribution in [0.25, 0.3) is 10.9 Å². The molecule has 1 aromatic carbocycles. The summed E-state index contributed by atoms with van der Waals surface area (Å²) in [5.41, 5.74) is 9.12. The topological polar surface area (TPSA) is 51.4 Å². The lowest BCUT2D eigenvalue weighted by molar-refractivity contribution is 0.0893. The van der Waals surface area contributed by atoms with E-state index in [4.69, 9.17) is 22.1 Å². The van der Waals surface area contributed by atoms with Crippen LogP contribution in [0.3, 0.4) is 0 Å². The summed E-state index contributed by atoms with van der Waals surface area (Å²) >= 11 is 6.44. The standard InChI is InChI=1S/C17H22ClN3O/c1-22-13-4-3-9-21(11-13)17-12(6-7-19)10-15(18)14-5-2-8-20-16(14)17/h2,5,8,10,13H,3-4,6-7,9,11,19H2,1H3. The van der Waals surface area contributed by atoms with Gasteiger partial charge in [0, 0.05) is 31.8 Å². The second-order valence-electron chi connectivity index (χ2n) is 5.75. The Bertz CT molecular complexity index is 662. The highest BCUT2D eigenvalue weighted by atomic mass is 35.5. The molecule has 1 saturated heterocycles. The lowest BCUT2D eigenvalue weighted by atomic mass is 10.0. The van der Waals surface area contributed by atoms with E-state index in [1.54, 1.807) is 7.11 Å². The first-order chi connectivity index (χ1) is 10.7. The first-order valence-corrected chi connectivity index (χ1v) is 8.16. The maximum absolute atomic E-state index is 6.44. The Hall–Kier alpha value is -1.36. The van der Waals surface area contributed by atoms with E-state index < -0.39 is 0 Å². The molecule has 2 heterocycles. The molecule has 1 atom stereocenters. The summed E-state index contributed by atoms with van der Waals surface area (Å²) in [5.74, 6) is 0. The molecule has 3 rings (SSSR count). The van der Waals surface area contributed by atoms with Gasteiger partial charge in [0.1, 0.15) is 0 Å². The second kappa shape index (κ2) is 6.82. The van der Waals surface area contributed by atoms with E-state index in [9.17, 15) is 0 Å². The fraction of sp³-hybridized carbons (Fsp3) is 0.471. The molecule has 0 bridgehead atoms. The maximum Gasteiger partial charge on any atom is 0.0953 e. The molecule has 0 radical (unpaired) electrons. The molecule has 1 aliphatic rings. The van der Waals surface area contributed by atoms with Crippen LogP contribution in [0.2, 0.25) is 5.02 Å². The van der Waals surface area contributed by atoms with Crippen molar-refractivity contribution in [1.82, 2.24) is 4.98 Å². The van der Waals surface area contributed by atoms with Gasteiger partial charge in [-0.25, -0.2) is 0 Å². The predicted octanol–water partition coefficient (Wildman–Crippen LogP) is 3.00. The Kier molecular flexibility index (Phi) is 4.81. The van der Waals surface area contributed by atoms with Crippen LogP contribution in [0.1, 0.15) is 18.4 Å². The summed E-state index contributed by atoms with van der Waals surface area (Å²) in [7, 11) is 1.78. The normalized spacial score (nSPS) is 18.9. The molecule has 118 valence electrons. The van der Waals surface area contributed by atoms with Gasteiger partial charge in [-0.3, -0.25) is 4.98 Å². The highest BCUT2D eigenvalue weighted by molar-refractivity contribution is 6.36. The average Bonchev–Trinajstić information content (AvgIpc) is 2.55. The molecule has 22 heavy (non-hydrogen) atoms. The first kappa shape index (κ1) is 15.5. The molecule has 1 aromatic heterocycles. The van der Waals surface area contributed by atoms with Crippen LogP contribution in [0.5, 0.6) is 0 Å². The van der Waals surface area contributed by atoms with E-state index in [-0.39, 0.29) is 6.10 Å². The van der Waals surface area contributed by atoms with Gasteiger partial charge in [-0.1, -0.05) is 11.6 Å². The van der Waals surface area contributed by atoms with Crippen LogP contribution < -0.4 is 10.6 Å². The van der Waals surface area contributed by atoms with Crippen LogP contribution in [-0.4, -0.2) is 37.8 Å². The van der Waals surface area contributed by atoms with Gasteiger partial charge in [0.15, 0.2) is 0 Å². The summed E-state index contributed by atoms with van der Waals surface area (Å²) in [6, 6.07) is 6.00. The number of hydrogen-bond acceptors (Lipinski definition) is 4. The van der Waals surface area contributed by atoms with Crippen molar-refractivity contribution in [3.8, 4) is 0 Å². The highest BCUT2D eigenvalue weighted by Gasteiger charge is 2.24. The van der Waals surface area contributed by atoms with Crippen LogP contribution >= 0.6 is 11.6 Å². The zero-order chi connectivity index (χ0) is 15.5. The fourth-order valence-electron chi connectivity index (χ4n) is 3.27. The molecule has 2 aromatic rings. The number of hydrogen-bond donors (Lipinski definition) is 1. The van der Waals surface area contributed by atoms with Crippen molar-refractivity contribution in [2.75, 3.05) is 31.6 Å². The number of anilines is 1. The largest absolute Gasteiger partial charge is 0.380 e. The summed E-state index contributed by atoms with van der Waals surface area (Å²) in [4.78, 5) is 6.99. The zero-order valence-electron chi connectivity index (χ0n) is 12.9. The van der Waals surface area contributed by atoms with E-state index in [2.05, 4.69) is 9.88 Å². The van der Waals surface area contributed by atoms with E-state index in [0.29, 0.717) is 6.54 Å². The third kappa shape index (κ3) is 2.91.